The predicted molar refractivity (Wildman–Crippen MR) is 97.0 cm³/mol. The molecule has 0 N–H and O–H groups in total. The van der Waals surface area contributed by atoms with Gasteiger partial charge in [-0.3, -0.25) is 14.4 Å². The van der Waals surface area contributed by atoms with Crippen LogP contribution in [0.3, 0.4) is 0 Å². The first-order chi connectivity index (χ1) is 12.2. The number of hydrogen-bond donors (Lipinski definition) is 0. The van der Waals surface area contributed by atoms with E-state index in [2.05, 4.69) is 45.2 Å². The minimum Gasteiger partial charge on any atom is -0.341 e. The Labute approximate surface area is 149 Å². The van der Waals surface area contributed by atoms with Gasteiger partial charge in [-0.05, 0) is 29.9 Å². The number of carbonyl (C=O) groups excluding carboxylic acids is 1. The van der Waals surface area contributed by atoms with E-state index >= 15 is 0 Å². The Morgan fingerprint density at radius 2 is 2.00 bits per heavy atom. The Balaban J connectivity index is 1.31. The smallest absolute Gasteiger partial charge is 0.226 e. The Morgan fingerprint density at radius 1 is 1.16 bits per heavy atom. The summed E-state index contributed by atoms with van der Waals surface area (Å²) in [6.45, 7) is 4.74. The van der Waals surface area contributed by atoms with Crippen molar-refractivity contribution in [1.82, 2.24) is 19.6 Å². The first kappa shape index (κ1) is 16.3. The molecule has 2 atom stereocenters. The van der Waals surface area contributed by atoms with Crippen LogP contribution in [0.2, 0.25) is 0 Å². The first-order valence-electron chi connectivity index (χ1n) is 9.24. The zero-order chi connectivity index (χ0) is 17.2. The summed E-state index contributed by atoms with van der Waals surface area (Å²) in [6, 6.07) is 10.6. The van der Waals surface area contributed by atoms with E-state index in [0.29, 0.717) is 11.8 Å². The number of benzene rings is 1. The molecule has 1 amide bonds. The number of hydrogen-bond acceptors (Lipinski definition) is 3. The van der Waals surface area contributed by atoms with Gasteiger partial charge in [0.15, 0.2) is 0 Å². The lowest BCUT2D eigenvalue weighted by atomic mass is 10.2. The van der Waals surface area contributed by atoms with E-state index in [1.54, 1.807) is 0 Å². The highest BCUT2D eigenvalue weighted by Crippen LogP contribution is 2.48. The van der Waals surface area contributed by atoms with Gasteiger partial charge >= 0.3 is 0 Å². The Morgan fingerprint density at radius 3 is 2.76 bits per heavy atom. The molecule has 2 aromatic rings. The molecule has 5 heteroatoms. The van der Waals surface area contributed by atoms with Crippen LogP contribution in [-0.4, -0.2) is 51.7 Å². The summed E-state index contributed by atoms with van der Waals surface area (Å²) in [4.78, 5) is 17.4. The summed E-state index contributed by atoms with van der Waals surface area (Å²) >= 11 is 0. The molecule has 2 fully saturated rings. The van der Waals surface area contributed by atoms with Gasteiger partial charge in [0.05, 0.1) is 6.20 Å². The van der Waals surface area contributed by atoms with Gasteiger partial charge < -0.3 is 4.90 Å². The maximum absolute atomic E-state index is 12.8. The van der Waals surface area contributed by atoms with Gasteiger partial charge in [-0.15, -0.1) is 0 Å². The molecule has 1 aliphatic carbocycles. The second-order valence-electron chi connectivity index (χ2n) is 7.34. The van der Waals surface area contributed by atoms with Gasteiger partial charge in [-0.2, -0.15) is 5.10 Å². The van der Waals surface area contributed by atoms with E-state index in [1.807, 2.05) is 24.1 Å². The highest BCUT2D eigenvalue weighted by molar-refractivity contribution is 5.83. The van der Waals surface area contributed by atoms with Crippen LogP contribution >= 0.6 is 0 Å². The zero-order valence-corrected chi connectivity index (χ0v) is 14.8. The second-order valence-corrected chi connectivity index (χ2v) is 7.34. The minimum atomic E-state index is 0.171. The largest absolute Gasteiger partial charge is 0.341 e. The molecular weight excluding hydrogens is 312 g/mol. The molecule has 5 nitrogen and oxygen atoms in total. The fraction of sp³-hybridized carbons (Fsp3) is 0.500. The van der Waals surface area contributed by atoms with Gasteiger partial charge in [-0.25, -0.2) is 0 Å². The van der Waals surface area contributed by atoms with Crippen LogP contribution in [0.25, 0.3) is 0 Å². The average Bonchev–Trinajstić information content (AvgIpc) is 3.36. The molecule has 1 aromatic heterocycles. The van der Waals surface area contributed by atoms with Crippen LogP contribution in [0, 0.1) is 5.92 Å². The van der Waals surface area contributed by atoms with Crippen molar-refractivity contribution in [2.45, 2.75) is 25.3 Å². The standard InChI is InChI=1S/C20H26N4O/c1-22-15-17(13-21-22)18-12-19(18)20(25)24-9-5-8-23(10-11-24)14-16-6-3-2-4-7-16/h2-4,6-7,13,15,18-19H,5,8-12,14H2,1H3/t18-,19+/m0/s1. The molecule has 4 rings (SSSR count). The third kappa shape index (κ3) is 3.76. The van der Waals surface area contributed by atoms with Crippen LogP contribution in [0.4, 0.5) is 0 Å². The molecule has 25 heavy (non-hydrogen) atoms. The lowest BCUT2D eigenvalue weighted by Gasteiger charge is -2.22. The van der Waals surface area contributed by atoms with Crippen LogP contribution in [0.5, 0.6) is 0 Å². The number of aromatic nitrogens is 2. The van der Waals surface area contributed by atoms with E-state index in [0.717, 1.165) is 45.6 Å². The quantitative estimate of drug-likeness (QED) is 0.859. The molecule has 0 bridgehead atoms. The number of carbonyl (C=O) groups is 1. The molecule has 2 heterocycles. The van der Waals surface area contributed by atoms with E-state index in [9.17, 15) is 4.79 Å². The molecule has 1 saturated heterocycles. The summed E-state index contributed by atoms with van der Waals surface area (Å²) in [5.41, 5.74) is 2.56. The molecular formula is C20H26N4O. The van der Waals surface area contributed by atoms with Crippen molar-refractivity contribution in [1.29, 1.82) is 0 Å². The van der Waals surface area contributed by atoms with Gasteiger partial charge in [0.1, 0.15) is 0 Å². The van der Waals surface area contributed by atoms with Crippen LogP contribution in [0.1, 0.15) is 29.9 Å². The second kappa shape index (κ2) is 7.00. The maximum Gasteiger partial charge on any atom is 0.226 e. The lowest BCUT2D eigenvalue weighted by Crippen LogP contribution is -2.36. The van der Waals surface area contributed by atoms with Gasteiger partial charge in [-0.1, -0.05) is 30.3 Å². The average molecular weight is 338 g/mol. The van der Waals surface area contributed by atoms with Crippen LogP contribution in [-0.2, 0) is 18.4 Å². The normalized spacial score (nSPS) is 24.1. The fourth-order valence-electron chi connectivity index (χ4n) is 3.89. The molecule has 1 saturated carbocycles. The third-order valence-electron chi connectivity index (χ3n) is 5.41. The third-order valence-corrected chi connectivity index (χ3v) is 5.41. The van der Waals surface area contributed by atoms with Gasteiger partial charge in [0.25, 0.3) is 0 Å². The molecule has 0 spiro atoms. The number of rotatable bonds is 4. The maximum atomic E-state index is 12.8. The van der Waals surface area contributed by atoms with Crippen molar-refractivity contribution in [3.05, 3.63) is 53.9 Å². The summed E-state index contributed by atoms with van der Waals surface area (Å²) in [5, 5.41) is 4.23. The molecule has 132 valence electrons. The van der Waals surface area contributed by atoms with Gasteiger partial charge in [0.2, 0.25) is 5.91 Å². The highest BCUT2D eigenvalue weighted by atomic mass is 16.2. The number of amides is 1. The van der Waals surface area contributed by atoms with E-state index in [4.69, 9.17) is 0 Å². The molecule has 1 aromatic carbocycles. The monoisotopic (exact) mass is 338 g/mol. The van der Waals surface area contributed by atoms with E-state index < -0.39 is 0 Å². The van der Waals surface area contributed by atoms with Crippen molar-refractivity contribution in [2.75, 3.05) is 26.2 Å². The summed E-state index contributed by atoms with van der Waals surface area (Å²) < 4.78 is 1.82. The Hall–Kier alpha value is -2.14. The predicted octanol–water partition coefficient (Wildman–Crippen LogP) is 2.26. The highest BCUT2D eigenvalue weighted by Gasteiger charge is 2.46. The lowest BCUT2D eigenvalue weighted by molar-refractivity contribution is -0.132. The molecule has 2 aliphatic rings. The Bertz CT molecular complexity index is 726. The van der Waals surface area contributed by atoms with Crippen molar-refractivity contribution >= 4 is 5.91 Å². The van der Waals surface area contributed by atoms with Crippen molar-refractivity contribution in [3.8, 4) is 0 Å². The molecule has 0 radical (unpaired) electrons. The Kier molecular flexibility index (Phi) is 4.57. The summed E-state index contributed by atoms with van der Waals surface area (Å²) in [7, 11) is 1.93. The van der Waals surface area contributed by atoms with Gasteiger partial charge in [0, 0.05) is 51.9 Å². The van der Waals surface area contributed by atoms with E-state index in [-0.39, 0.29) is 5.92 Å². The fourth-order valence-corrected chi connectivity index (χ4v) is 3.89. The van der Waals surface area contributed by atoms with Crippen molar-refractivity contribution in [3.63, 3.8) is 0 Å². The summed E-state index contributed by atoms with van der Waals surface area (Å²) in [6.07, 6.45) is 5.99. The topological polar surface area (TPSA) is 41.4 Å². The molecule has 0 unspecified atom stereocenters. The van der Waals surface area contributed by atoms with Crippen LogP contribution in [0.15, 0.2) is 42.7 Å². The van der Waals surface area contributed by atoms with E-state index in [1.165, 1.54) is 11.1 Å². The first-order valence-corrected chi connectivity index (χ1v) is 9.24. The number of aryl methyl sites for hydroxylation is 1. The molecule has 1 aliphatic heterocycles. The van der Waals surface area contributed by atoms with Crippen molar-refractivity contribution in [2.24, 2.45) is 13.0 Å². The minimum absolute atomic E-state index is 0.171. The van der Waals surface area contributed by atoms with Crippen molar-refractivity contribution < 1.29 is 4.79 Å². The SMILES string of the molecule is Cn1cc([C@@H]2C[C@H]2C(=O)N2CCCN(Cc3ccccc3)CC2)cn1. The number of nitrogens with zero attached hydrogens (tertiary/aromatic N) is 4. The van der Waals surface area contributed by atoms with Crippen LogP contribution < -0.4 is 0 Å². The summed E-state index contributed by atoms with van der Waals surface area (Å²) in [5.74, 6) is 0.894. The zero-order valence-electron chi connectivity index (χ0n) is 14.8.